The van der Waals surface area contributed by atoms with Crippen LogP contribution in [0.3, 0.4) is 0 Å². The maximum atomic E-state index is 12.5. The zero-order chi connectivity index (χ0) is 20.9. The minimum Gasteiger partial charge on any atom is -0.351 e. The lowest BCUT2D eigenvalue weighted by molar-refractivity contribution is 0.0943. The van der Waals surface area contributed by atoms with Gasteiger partial charge in [-0.2, -0.15) is 11.3 Å². The highest BCUT2D eigenvalue weighted by Gasteiger charge is 2.21. The molecule has 3 amide bonds. The highest BCUT2D eigenvalue weighted by atomic mass is 32.1. The van der Waals surface area contributed by atoms with Crippen LogP contribution >= 0.6 is 11.3 Å². The molecule has 1 aromatic heterocycles. The lowest BCUT2D eigenvalue weighted by atomic mass is 9.87. The van der Waals surface area contributed by atoms with Crippen LogP contribution in [0.4, 0.5) is 10.5 Å². The number of amides is 3. The van der Waals surface area contributed by atoms with Crippen LogP contribution in [0.1, 0.15) is 36.7 Å². The molecule has 2 heterocycles. The van der Waals surface area contributed by atoms with Gasteiger partial charge in [0, 0.05) is 55.9 Å². The van der Waals surface area contributed by atoms with Gasteiger partial charge in [0.25, 0.3) is 5.91 Å². The van der Waals surface area contributed by atoms with E-state index in [1.807, 2.05) is 33.9 Å². The number of nitrogens with zero attached hydrogens (tertiary/aromatic N) is 2. The Labute approximate surface area is 176 Å². The minimum atomic E-state index is -0.0566. The molecule has 29 heavy (non-hydrogen) atoms. The van der Waals surface area contributed by atoms with Gasteiger partial charge in [0.1, 0.15) is 0 Å². The number of benzene rings is 1. The molecule has 3 rings (SSSR count). The molecule has 7 heteroatoms. The van der Waals surface area contributed by atoms with Crippen molar-refractivity contribution in [1.29, 1.82) is 0 Å². The number of hydrogen-bond acceptors (Lipinski definition) is 4. The fourth-order valence-electron chi connectivity index (χ4n) is 3.25. The summed E-state index contributed by atoms with van der Waals surface area (Å²) in [5.41, 5.74) is 2.88. The maximum Gasteiger partial charge on any atom is 0.321 e. The van der Waals surface area contributed by atoms with Crippen LogP contribution in [-0.2, 0) is 5.41 Å². The van der Waals surface area contributed by atoms with E-state index in [0.717, 1.165) is 25.3 Å². The SMILES string of the molecule is CC(C)(C)c1ccc(NC(=O)N2CCN(CCNC(=O)c3ccsc3)CC2)cc1. The maximum absolute atomic E-state index is 12.5. The van der Waals surface area contributed by atoms with Gasteiger partial charge in [-0.3, -0.25) is 9.69 Å². The van der Waals surface area contributed by atoms with Gasteiger partial charge in [-0.15, -0.1) is 0 Å². The second-order valence-corrected chi connectivity index (χ2v) is 9.13. The fourth-order valence-corrected chi connectivity index (χ4v) is 3.89. The Hall–Kier alpha value is -2.38. The molecule has 1 fully saturated rings. The minimum absolute atomic E-state index is 0.0262. The van der Waals surface area contributed by atoms with Crippen molar-refractivity contribution in [1.82, 2.24) is 15.1 Å². The van der Waals surface area contributed by atoms with Crippen LogP contribution in [0.5, 0.6) is 0 Å². The monoisotopic (exact) mass is 414 g/mol. The fraction of sp³-hybridized carbons (Fsp3) is 0.455. The molecule has 1 saturated heterocycles. The van der Waals surface area contributed by atoms with Crippen LogP contribution in [0.15, 0.2) is 41.1 Å². The predicted molar refractivity (Wildman–Crippen MR) is 119 cm³/mol. The molecule has 1 aliphatic rings. The highest BCUT2D eigenvalue weighted by Crippen LogP contribution is 2.23. The average molecular weight is 415 g/mol. The van der Waals surface area contributed by atoms with Crippen molar-refractivity contribution >= 4 is 29.0 Å². The Morgan fingerprint density at radius 1 is 1.03 bits per heavy atom. The number of carbonyl (C=O) groups is 2. The third-order valence-corrected chi connectivity index (χ3v) is 5.84. The Morgan fingerprint density at radius 2 is 1.72 bits per heavy atom. The molecule has 0 radical (unpaired) electrons. The first kappa shape index (κ1) is 21.3. The standard InChI is InChI=1S/C22H30N4O2S/c1-22(2,3)18-4-6-19(7-5-18)24-21(28)26-13-11-25(12-14-26)10-9-23-20(27)17-8-15-29-16-17/h4-8,15-16H,9-14H2,1-3H3,(H,23,27)(H,24,28). The molecular weight excluding hydrogens is 384 g/mol. The normalized spacial score (nSPS) is 15.2. The van der Waals surface area contributed by atoms with Crippen LogP contribution in [-0.4, -0.2) is 61.0 Å². The summed E-state index contributed by atoms with van der Waals surface area (Å²) < 4.78 is 0. The van der Waals surface area contributed by atoms with Gasteiger partial charge >= 0.3 is 6.03 Å². The third-order valence-electron chi connectivity index (χ3n) is 5.16. The predicted octanol–water partition coefficient (Wildman–Crippen LogP) is 3.63. The molecule has 6 nitrogen and oxygen atoms in total. The molecule has 0 spiro atoms. The molecule has 0 unspecified atom stereocenters. The number of piperazine rings is 1. The summed E-state index contributed by atoms with van der Waals surface area (Å²) in [5.74, 6) is -0.0262. The number of thiophene rings is 1. The van der Waals surface area contributed by atoms with Gasteiger partial charge in [-0.05, 0) is 34.6 Å². The smallest absolute Gasteiger partial charge is 0.321 e. The number of hydrogen-bond donors (Lipinski definition) is 2. The van der Waals surface area contributed by atoms with E-state index in [0.29, 0.717) is 25.2 Å². The summed E-state index contributed by atoms with van der Waals surface area (Å²) in [6.07, 6.45) is 0. The summed E-state index contributed by atoms with van der Waals surface area (Å²) in [5, 5.41) is 9.69. The first-order valence-corrected chi connectivity index (χ1v) is 11.0. The Bertz CT molecular complexity index is 804. The molecule has 0 atom stereocenters. The van der Waals surface area contributed by atoms with Crippen molar-refractivity contribution in [2.75, 3.05) is 44.6 Å². The summed E-state index contributed by atoms with van der Waals surface area (Å²) in [6.45, 7) is 10.9. The number of carbonyl (C=O) groups excluding carboxylic acids is 2. The van der Waals surface area contributed by atoms with Crippen LogP contribution in [0, 0.1) is 0 Å². The number of nitrogens with one attached hydrogen (secondary N) is 2. The number of anilines is 1. The second-order valence-electron chi connectivity index (χ2n) is 8.35. The molecular formula is C22H30N4O2S. The molecule has 156 valence electrons. The topological polar surface area (TPSA) is 64.7 Å². The van der Waals surface area contributed by atoms with E-state index in [1.165, 1.54) is 16.9 Å². The zero-order valence-corrected chi connectivity index (χ0v) is 18.2. The van der Waals surface area contributed by atoms with Gasteiger partial charge in [0.15, 0.2) is 0 Å². The summed E-state index contributed by atoms with van der Waals surface area (Å²) in [7, 11) is 0. The van der Waals surface area contributed by atoms with Crippen molar-refractivity contribution < 1.29 is 9.59 Å². The molecule has 0 aliphatic carbocycles. The van der Waals surface area contributed by atoms with Crippen molar-refractivity contribution in [3.8, 4) is 0 Å². The summed E-state index contributed by atoms with van der Waals surface area (Å²) in [6, 6.07) is 9.83. The highest BCUT2D eigenvalue weighted by molar-refractivity contribution is 7.08. The molecule has 0 bridgehead atoms. The van der Waals surface area contributed by atoms with Crippen molar-refractivity contribution in [3.63, 3.8) is 0 Å². The lowest BCUT2D eigenvalue weighted by Crippen LogP contribution is -2.51. The number of rotatable bonds is 5. The average Bonchev–Trinajstić information content (AvgIpc) is 3.23. The lowest BCUT2D eigenvalue weighted by Gasteiger charge is -2.34. The molecule has 1 aliphatic heterocycles. The largest absolute Gasteiger partial charge is 0.351 e. The third kappa shape index (κ3) is 6.05. The van der Waals surface area contributed by atoms with Crippen molar-refractivity contribution in [2.45, 2.75) is 26.2 Å². The Morgan fingerprint density at radius 3 is 2.31 bits per heavy atom. The first-order chi connectivity index (χ1) is 13.8. The summed E-state index contributed by atoms with van der Waals surface area (Å²) >= 11 is 1.52. The van der Waals surface area contributed by atoms with Crippen LogP contribution in [0.2, 0.25) is 0 Å². The van der Waals surface area contributed by atoms with Gasteiger partial charge in [0.2, 0.25) is 0 Å². The van der Waals surface area contributed by atoms with E-state index >= 15 is 0 Å². The van der Waals surface area contributed by atoms with E-state index < -0.39 is 0 Å². The van der Waals surface area contributed by atoms with Crippen LogP contribution in [0.25, 0.3) is 0 Å². The Kier molecular flexibility index (Phi) is 6.92. The second kappa shape index (κ2) is 9.41. The zero-order valence-electron chi connectivity index (χ0n) is 17.4. The van der Waals surface area contributed by atoms with E-state index in [9.17, 15) is 9.59 Å². The molecule has 2 N–H and O–H groups in total. The van der Waals surface area contributed by atoms with Gasteiger partial charge in [-0.25, -0.2) is 4.79 Å². The number of urea groups is 1. The van der Waals surface area contributed by atoms with E-state index in [4.69, 9.17) is 0 Å². The van der Waals surface area contributed by atoms with Crippen molar-refractivity contribution in [2.24, 2.45) is 0 Å². The van der Waals surface area contributed by atoms with E-state index in [-0.39, 0.29) is 17.4 Å². The van der Waals surface area contributed by atoms with E-state index in [1.54, 1.807) is 0 Å². The molecule has 2 aromatic rings. The first-order valence-electron chi connectivity index (χ1n) is 10.0. The van der Waals surface area contributed by atoms with Gasteiger partial charge < -0.3 is 15.5 Å². The summed E-state index contributed by atoms with van der Waals surface area (Å²) in [4.78, 5) is 28.6. The van der Waals surface area contributed by atoms with Crippen LogP contribution < -0.4 is 10.6 Å². The molecule has 1 aromatic carbocycles. The quantitative estimate of drug-likeness (QED) is 0.785. The van der Waals surface area contributed by atoms with Gasteiger partial charge in [0.05, 0.1) is 0 Å². The van der Waals surface area contributed by atoms with E-state index in [2.05, 4.69) is 48.4 Å². The van der Waals surface area contributed by atoms with Gasteiger partial charge in [-0.1, -0.05) is 32.9 Å². The Balaban J connectivity index is 1.38. The molecule has 0 saturated carbocycles. The van der Waals surface area contributed by atoms with Crippen molar-refractivity contribution in [3.05, 3.63) is 52.2 Å².